The number of anilines is 1. The third-order valence-corrected chi connectivity index (χ3v) is 6.16. The van der Waals surface area contributed by atoms with Crippen LogP contribution in [0.25, 0.3) is 10.2 Å². The van der Waals surface area contributed by atoms with Gasteiger partial charge in [-0.2, -0.15) is 13.2 Å². The summed E-state index contributed by atoms with van der Waals surface area (Å²) in [7, 11) is -4.10. The van der Waals surface area contributed by atoms with Crippen LogP contribution in [0.15, 0.2) is 52.2 Å². The molecule has 10 heteroatoms. The van der Waals surface area contributed by atoms with Gasteiger partial charge in [-0.25, -0.2) is 8.42 Å². The monoisotopic (exact) mass is 416 g/mol. The molecule has 1 aromatic heterocycles. The van der Waals surface area contributed by atoms with Crippen LogP contribution < -0.4 is 9.60 Å². The summed E-state index contributed by atoms with van der Waals surface area (Å²) in [5, 5.41) is 0. The molecule has 0 bridgehead atoms. The van der Waals surface area contributed by atoms with Gasteiger partial charge in [0.1, 0.15) is 0 Å². The first-order valence-electron chi connectivity index (χ1n) is 7.95. The van der Waals surface area contributed by atoms with E-state index >= 15 is 0 Å². The van der Waals surface area contributed by atoms with Gasteiger partial charge in [-0.1, -0.05) is 24.3 Å². The van der Waals surface area contributed by atoms with Gasteiger partial charge in [0.2, 0.25) is 0 Å². The normalized spacial score (nSPS) is 12.4. The van der Waals surface area contributed by atoms with Crippen LogP contribution in [0.5, 0.6) is 0 Å². The molecule has 3 rings (SSSR count). The van der Waals surface area contributed by atoms with E-state index in [1.165, 1.54) is 24.3 Å². The second-order valence-corrected chi connectivity index (χ2v) is 8.51. The molecule has 5 nitrogen and oxygen atoms in total. The Hall–Kier alpha value is -2.33. The average molecular weight is 416 g/mol. The van der Waals surface area contributed by atoms with Crippen molar-refractivity contribution in [3.63, 3.8) is 0 Å². The summed E-state index contributed by atoms with van der Waals surface area (Å²) in [4.78, 5) is 11.7. The quantitative estimate of drug-likeness (QED) is 0.675. The van der Waals surface area contributed by atoms with E-state index in [1.54, 1.807) is 4.57 Å². The van der Waals surface area contributed by atoms with Gasteiger partial charge < -0.3 is 0 Å². The lowest BCUT2D eigenvalue weighted by atomic mass is 10.2. The number of benzene rings is 2. The number of aromatic nitrogens is 1. The summed E-state index contributed by atoms with van der Waals surface area (Å²) in [6.07, 6.45) is -3.82. The topological polar surface area (TPSA) is 68.2 Å². The summed E-state index contributed by atoms with van der Waals surface area (Å²) in [5.41, 5.74) is -0.514. The van der Waals surface area contributed by atoms with Crippen LogP contribution in [-0.2, 0) is 22.7 Å². The average Bonchev–Trinajstić information content (AvgIpc) is 2.89. The molecular formula is C17H15F3N2O3S2. The Bertz CT molecular complexity index is 1150. The fraction of sp³-hybridized carbons (Fsp3) is 0.235. The van der Waals surface area contributed by atoms with E-state index in [1.807, 2.05) is 6.92 Å². The van der Waals surface area contributed by atoms with Crippen molar-refractivity contribution in [3.05, 3.63) is 57.7 Å². The number of hydrogen-bond acceptors (Lipinski definition) is 4. The number of alkyl halides is 3. The summed E-state index contributed by atoms with van der Waals surface area (Å²) >= 11 is 0.928. The fourth-order valence-corrected chi connectivity index (χ4v) is 4.73. The number of halogens is 3. The standard InChI is InChI=1S/C17H15F3N2O3S2/c1-2-8-22-14-7-6-13(10-15(14)26-16(22)23)27(24,25)21-12-5-3-4-11(9-12)17(18,19)20/h3-7,9-10,21H,2,8H2,1H3. The number of hydrogen-bond donors (Lipinski definition) is 1. The molecule has 3 aromatic rings. The zero-order valence-corrected chi connectivity index (χ0v) is 15.7. The first-order chi connectivity index (χ1) is 12.6. The largest absolute Gasteiger partial charge is 0.416 e. The maximum Gasteiger partial charge on any atom is 0.416 e. The maximum atomic E-state index is 12.8. The van der Waals surface area contributed by atoms with Gasteiger partial charge in [-0.15, -0.1) is 0 Å². The van der Waals surface area contributed by atoms with Gasteiger partial charge >= 0.3 is 11.0 Å². The van der Waals surface area contributed by atoms with Crippen LogP contribution >= 0.6 is 11.3 Å². The number of rotatable bonds is 5. The number of nitrogens with zero attached hydrogens (tertiary/aromatic N) is 1. The third kappa shape index (κ3) is 4.01. The van der Waals surface area contributed by atoms with Gasteiger partial charge in [0, 0.05) is 12.2 Å². The number of aryl methyl sites for hydroxylation is 1. The van der Waals surface area contributed by atoms with Crippen LogP contribution in [0.2, 0.25) is 0 Å². The van der Waals surface area contributed by atoms with Gasteiger partial charge in [-0.3, -0.25) is 14.1 Å². The van der Waals surface area contributed by atoms with Crippen molar-refractivity contribution in [2.45, 2.75) is 31.0 Å². The first-order valence-corrected chi connectivity index (χ1v) is 10.3. The van der Waals surface area contributed by atoms with Crippen molar-refractivity contribution in [1.29, 1.82) is 0 Å². The molecule has 27 heavy (non-hydrogen) atoms. The highest BCUT2D eigenvalue weighted by Crippen LogP contribution is 2.31. The van der Waals surface area contributed by atoms with E-state index in [2.05, 4.69) is 4.72 Å². The highest BCUT2D eigenvalue weighted by atomic mass is 32.2. The molecule has 0 spiro atoms. The van der Waals surface area contributed by atoms with Crippen molar-refractivity contribution < 1.29 is 21.6 Å². The van der Waals surface area contributed by atoms with Gasteiger partial charge in [0.25, 0.3) is 10.0 Å². The molecule has 0 saturated heterocycles. The molecule has 1 N–H and O–H groups in total. The molecule has 0 aliphatic rings. The Balaban J connectivity index is 1.97. The smallest absolute Gasteiger partial charge is 0.299 e. The van der Waals surface area contributed by atoms with Crippen molar-refractivity contribution >= 4 is 37.3 Å². The minimum atomic E-state index is -4.57. The van der Waals surface area contributed by atoms with Crippen LogP contribution in [0, 0.1) is 0 Å². The highest BCUT2D eigenvalue weighted by molar-refractivity contribution is 7.92. The third-order valence-electron chi connectivity index (χ3n) is 3.84. The first kappa shape index (κ1) is 19.4. The molecule has 0 amide bonds. The summed E-state index contributed by atoms with van der Waals surface area (Å²) in [6, 6.07) is 8.16. The van der Waals surface area contributed by atoms with E-state index in [0.717, 1.165) is 36.0 Å². The van der Waals surface area contributed by atoms with Crippen LogP contribution in [0.1, 0.15) is 18.9 Å². The molecular weight excluding hydrogens is 401 g/mol. The Labute approximate surface area is 157 Å². The summed E-state index contributed by atoms with van der Waals surface area (Å²) in [5.74, 6) is 0. The molecule has 1 heterocycles. The number of sulfonamides is 1. The zero-order chi connectivity index (χ0) is 19.8. The second kappa shape index (κ2) is 7.01. The Kier molecular flexibility index (Phi) is 5.04. The minimum Gasteiger partial charge on any atom is -0.299 e. The molecule has 0 aliphatic carbocycles. The van der Waals surface area contributed by atoms with Crippen LogP contribution in [0.4, 0.5) is 18.9 Å². The fourth-order valence-electron chi connectivity index (χ4n) is 2.62. The Morgan fingerprint density at radius 3 is 2.56 bits per heavy atom. The molecule has 2 aromatic carbocycles. The SMILES string of the molecule is CCCn1c(=O)sc2cc(S(=O)(=O)Nc3cccc(C(F)(F)F)c3)ccc21. The van der Waals surface area contributed by atoms with Crippen molar-refractivity contribution in [2.75, 3.05) is 4.72 Å². The van der Waals surface area contributed by atoms with E-state index in [4.69, 9.17) is 0 Å². The molecule has 0 saturated carbocycles. The van der Waals surface area contributed by atoms with E-state index in [-0.39, 0.29) is 15.5 Å². The number of thiazole rings is 1. The zero-order valence-electron chi connectivity index (χ0n) is 14.1. The molecule has 0 aliphatic heterocycles. The lowest BCUT2D eigenvalue weighted by molar-refractivity contribution is -0.137. The highest BCUT2D eigenvalue weighted by Gasteiger charge is 2.30. The molecule has 0 unspecified atom stereocenters. The van der Waals surface area contributed by atoms with Gasteiger partial charge in [-0.05, 0) is 42.8 Å². The van der Waals surface area contributed by atoms with Crippen molar-refractivity contribution in [1.82, 2.24) is 4.57 Å². The summed E-state index contributed by atoms with van der Waals surface area (Å²) in [6.45, 7) is 2.45. The lowest BCUT2D eigenvalue weighted by Crippen LogP contribution is -2.14. The minimum absolute atomic E-state index is 0.127. The predicted octanol–water partition coefficient (Wildman–Crippen LogP) is 4.29. The molecule has 144 valence electrons. The summed E-state index contributed by atoms with van der Waals surface area (Å²) < 4.78 is 67.7. The number of nitrogens with one attached hydrogen (secondary N) is 1. The number of fused-ring (bicyclic) bond motifs is 1. The van der Waals surface area contributed by atoms with Crippen LogP contribution in [0.3, 0.4) is 0 Å². The van der Waals surface area contributed by atoms with Crippen LogP contribution in [-0.4, -0.2) is 13.0 Å². The van der Waals surface area contributed by atoms with Crippen molar-refractivity contribution in [3.8, 4) is 0 Å². The maximum absolute atomic E-state index is 12.8. The van der Waals surface area contributed by atoms with E-state index in [9.17, 15) is 26.4 Å². The Morgan fingerprint density at radius 1 is 1.15 bits per heavy atom. The van der Waals surface area contributed by atoms with E-state index < -0.39 is 21.8 Å². The molecule has 0 fully saturated rings. The Morgan fingerprint density at radius 2 is 1.89 bits per heavy atom. The lowest BCUT2D eigenvalue weighted by Gasteiger charge is -2.11. The second-order valence-electron chi connectivity index (χ2n) is 5.83. The van der Waals surface area contributed by atoms with Crippen molar-refractivity contribution in [2.24, 2.45) is 0 Å². The predicted molar refractivity (Wildman–Crippen MR) is 98.6 cm³/mol. The van der Waals surface area contributed by atoms with E-state index in [0.29, 0.717) is 16.8 Å². The van der Waals surface area contributed by atoms with Gasteiger partial charge in [0.15, 0.2) is 0 Å². The molecule has 0 atom stereocenters. The van der Waals surface area contributed by atoms with Gasteiger partial charge in [0.05, 0.1) is 20.7 Å². The molecule has 0 radical (unpaired) electrons.